The molecular formula is C24H20N4O2. The molecule has 2 aromatic heterocycles. The molecule has 0 aliphatic carbocycles. The number of aromatic nitrogens is 2. The SMILES string of the molecule is Cc1ccc2cc(Oc3ccnn4cc(C(=O)N5CC(C#N)C5)c(C)c34)ccc2c1. The average molecular weight is 396 g/mol. The molecule has 0 spiro atoms. The van der Waals surface area contributed by atoms with Crippen LogP contribution in [-0.2, 0) is 0 Å². The zero-order chi connectivity index (χ0) is 20.8. The average Bonchev–Trinajstić information content (AvgIpc) is 3.05. The number of amides is 1. The Hall–Kier alpha value is -3.85. The molecule has 0 atom stereocenters. The molecular weight excluding hydrogens is 376 g/mol. The zero-order valence-corrected chi connectivity index (χ0v) is 16.8. The largest absolute Gasteiger partial charge is 0.455 e. The van der Waals surface area contributed by atoms with Crippen LogP contribution in [0.15, 0.2) is 54.9 Å². The molecule has 1 fully saturated rings. The molecule has 1 saturated heterocycles. The van der Waals surface area contributed by atoms with Crippen molar-refractivity contribution in [1.29, 1.82) is 5.26 Å². The van der Waals surface area contributed by atoms with Gasteiger partial charge in [0.1, 0.15) is 11.3 Å². The number of nitrogens with zero attached hydrogens (tertiary/aromatic N) is 4. The minimum atomic E-state index is -0.0727. The van der Waals surface area contributed by atoms with Crippen LogP contribution < -0.4 is 4.74 Å². The Balaban J connectivity index is 1.49. The fourth-order valence-electron chi connectivity index (χ4n) is 3.95. The van der Waals surface area contributed by atoms with Crippen LogP contribution in [0.3, 0.4) is 0 Å². The summed E-state index contributed by atoms with van der Waals surface area (Å²) in [5.41, 5.74) is 3.39. The van der Waals surface area contributed by atoms with Crippen molar-refractivity contribution < 1.29 is 9.53 Å². The quantitative estimate of drug-likeness (QED) is 0.511. The summed E-state index contributed by atoms with van der Waals surface area (Å²) >= 11 is 0. The first-order chi connectivity index (χ1) is 14.5. The van der Waals surface area contributed by atoms with Gasteiger partial charge in [-0.3, -0.25) is 4.79 Å². The lowest BCUT2D eigenvalue weighted by atomic mass is 10.0. The maximum atomic E-state index is 12.9. The highest BCUT2D eigenvalue weighted by Gasteiger charge is 2.32. The van der Waals surface area contributed by atoms with Gasteiger partial charge in [-0.25, -0.2) is 4.52 Å². The van der Waals surface area contributed by atoms with E-state index < -0.39 is 0 Å². The molecule has 0 bridgehead atoms. The third-order valence-electron chi connectivity index (χ3n) is 5.67. The van der Waals surface area contributed by atoms with Gasteiger partial charge in [0, 0.05) is 25.4 Å². The Morgan fingerprint density at radius 2 is 1.90 bits per heavy atom. The molecule has 2 aromatic carbocycles. The number of nitriles is 1. The van der Waals surface area contributed by atoms with Crippen molar-refractivity contribution in [3.63, 3.8) is 0 Å². The summed E-state index contributed by atoms with van der Waals surface area (Å²) in [7, 11) is 0. The number of hydrogen-bond donors (Lipinski definition) is 0. The second-order valence-corrected chi connectivity index (χ2v) is 7.81. The number of aryl methyl sites for hydroxylation is 2. The maximum absolute atomic E-state index is 12.9. The Bertz CT molecular complexity index is 1340. The smallest absolute Gasteiger partial charge is 0.255 e. The Morgan fingerprint density at radius 3 is 2.70 bits per heavy atom. The number of benzene rings is 2. The van der Waals surface area contributed by atoms with Gasteiger partial charge in [0.2, 0.25) is 0 Å². The van der Waals surface area contributed by atoms with Crippen LogP contribution in [0.25, 0.3) is 16.3 Å². The number of likely N-dealkylation sites (tertiary alicyclic amines) is 1. The summed E-state index contributed by atoms with van der Waals surface area (Å²) in [6.07, 6.45) is 3.40. The lowest BCUT2D eigenvalue weighted by Gasteiger charge is -2.35. The summed E-state index contributed by atoms with van der Waals surface area (Å²) in [4.78, 5) is 14.6. The van der Waals surface area contributed by atoms with E-state index in [1.54, 1.807) is 21.8 Å². The van der Waals surface area contributed by atoms with Crippen LogP contribution in [0.2, 0.25) is 0 Å². The van der Waals surface area contributed by atoms with Gasteiger partial charge in [0.15, 0.2) is 5.75 Å². The molecule has 1 aliphatic heterocycles. The van der Waals surface area contributed by atoms with Crippen molar-refractivity contribution >= 4 is 22.2 Å². The highest BCUT2D eigenvalue weighted by molar-refractivity contribution is 5.99. The molecule has 0 unspecified atom stereocenters. The van der Waals surface area contributed by atoms with Crippen LogP contribution in [0, 0.1) is 31.1 Å². The molecule has 148 valence electrons. The monoisotopic (exact) mass is 396 g/mol. The number of hydrogen-bond acceptors (Lipinski definition) is 4. The van der Waals surface area contributed by atoms with Gasteiger partial charge >= 0.3 is 0 Å². The lowest BCUT2D eigenvalue weighted by Crippen LogP contribution is -2.49. The number of rotatable bonds is 3. The predicted molar refractivity (Wildman–Crippen MR) is 114 cm³/mol. The van der Waals surface area contributed by atoms with E-state index in [4.69, 9.17) is 10.00 Å². The van der Waals surface area contributed by atoms with Crippen LogP contribution >= 0.6 is 0 Å². The number of ether oxygens (including phenoxy) is 1. The molecule has 5 rings (SSSR count). The Labute approximate surface area is 173 Å². The van der Waals surface area contributed by atoms with Gasteiger partial charge in [0.25, 0.3) is 5.91 Å². The fourth-order valence-corrected chi connectivity index (χ4v) is 3.95. The van der Waals surface area contributed by atoms with Crippen molar-refractivity contribution in [2.45, 2.75) is 13.8 Å². The van der Waals surface area contributed by atoms with Crippen molar-refractivity contribution in [3.8, 4) is 17.6 Å². The second-order valence-electron chi connectivity index (χ2n) is 7.81. The second kappa shape index (κ2) is 6.89. The molecule has 6 nitrogen and oxygen atoms in total. The number of carbonyl (C=O) groups is 1. The third kappa shape index (κ3) is 2.96. The third-order valence-corrected chi connectivity index (χ3v) is 5.67. The van der Waals surface area contributed by atoms with Gasteiger partial charge in [-0.1, -0.05) is 29.8 Å². The normalized spacial score (nSPS) is 14.0. The molecule has 3 heterocycles. The summed E-state index contributed by atoms with van der Waals surface area (Å²) in [5, 5.41) is 15.6. The topological polar surface area (TPSA) is 70.6 Å². The molecule has 0 radical (unpaired) electrons. The summed E-state index contributed by atoms with van der Waals surface area (Å²) in [6.45, 7) is 4.94. The highest BCUT2D eigenvalue weighted by atomic mass is 16.5. The van der Waals surface area contributed by atoms with Crippen LogP contribution in [0.4, 0.5) is 0 Å². The Kier molecular flexibility index (Phi) is 4.18. The van der Waals surface area contributed by atoms with Gasteiger partial charge < -0.3 is 9.64 Å². The van der Waals surface area contributed by atoms with Gasteiger partial charge in [-0.15, -0.1) is 0 Å². The summed E-state index contributed by atoms with van der Waals surface area (Å²) in [6, 6.07) is 16.3. The van der Waals surface area contributed by atoms with Crippen LogP contribution in [0.1, 0.15) is 21.5 Å². The van der Waals surface area contributed by atoms with Crippen molar-refractivity contribution in [2.75, 3.05) is 13.1 Å². The highest BCUT2D eigenvalue weighted by Crippen LogP contribution is 2.32. The van der Waals surface area contributed by atoms with Crippen molar-refractivity contribution in [1.82, 2.24) is 14.5 Å². The first-order valence-electron chi connectivity index (χ1n) is 9.87. The molecule has 1 aliphatic rings. The van der Waals surface area contributed by atoms with Crippen LogP contribution in [0.5, 0.6) is 11.5 Å². The van der Waals surface area contributed by atoms with Crippen molar-refractivity contribution in [3.05, 3.63) is 71.5 Å². The van der Waals surface area contributed by atoms with E-state index in [0.717, 1.165) is 22.2 Å². The van der Waals surface area contributed by atoms with E-state index in [9.17, 15) is 4.79 Å². The number of carbonyl (C=O) groups excluding carboxylic acids is 1. The minimum absolute atomic E-state index is 0.0694. The molecule has 0 N–H and O–H groups in total. The lowest BCUT2D eigenvalue weighted by molar-refractivity contribution is 0.0576. The van der Waals surface area contributed by atoms with E-state index in [0.29, 0.717) is 24.4 Å². The maximum Gasteiger partial charge on any atom is 0.255 e. The van der Waals surface area contributed by atoms with E-state index in [1.165, 1.54) is 10.9 Å². The van der Waals surface area contributed by atoms with Crippen LogP contribution in [-0.4, -0.2) is 33.5 Å². The molecule has 1 amide bonds. The standard InChI is InChI=1S/C24H20N4O2/c1-15-3-4-19-10-20(6-5-18(19)9-15)30-22-7-8-26-28-14-21(16(2)23(22)28)24(29)27-12-17(11-25)13-27/h3-10,14,17H,12-13H2,1-2H3. The first kappa shape index (κ1) is 18.2. The molecule has 0 saturated carbocycles. The summed E-state index contributed by atoms with van der Waals surface area (Å²) < 4.78 is 7.89. The van der Waals surface area contributed by atoms with E-state index in [1.807, 2.05) is 31.2 Å². The van der Waals surface area contributed by atoms with Gasteiger partial charge in [0.05, 0.1) is 23.7 Å². The molecule has 6 heteroatoms. The summed E-state index contributed by atoms with van der Waals surface area (Å²) in [5.74, 6) is 1.23. The fraction of sp³-hybridized carbons (Fsp3) is 0.208. The Morgan fingerprint density at radius 1 is 1.13 bits per heavy atom. The number of fused-ring (bicyclic) bond motifs is 2. The van der Waals surface area contributed by atoms with E-state index in [-0.39, 0.29) is 11.8 Å². The minimum Gasteiger partial charge on any atom is -0.455 e. The zero-order valence-electron chi connectivity index (χ0n) is 16.8. The predicted octanol–water partition coefficient (Wildman–Crippen LogP) is 4.49. The van der Waals surface area contributed by atoms with E-state index >= 15 is 0 Å². The van der Waals surface area contributed by atoms with Gasteiger partial charge in [-0.2, -0.15) is 10.4 Å². The van der Waals surface area contributed by atoms with Crippen molar-refractivity contribution in [2.24, 2.45) is 5.92 Å². The molecule has 4 aromatic rings. The van der Waals surface area contributed by atoms with Gasteiger partial charge in [-0.05, 0) is 42.3 Å². The molecule has 30 heavy (non-hydrogen) atoms. The first-order valence-corrected chi connectivity index (χ1v) is 9.87. The van der Waals surface area contributed by atoms with E-state index in [2.05, 4.69) is 36.3 Å².